The number of halogens is 3. The lowest BCUT2D eigenvalue weighted by molar-refractivity contribution is -0.137. The van der Waals surface area contributed by atoms with Gasteiger partial charge in [-0.1, -0.05) is 6.92 Å². The summed E-state index contributed by atoms with van der Waals surface area (Å²) in [7, 11) is -1.20. The molecule has 16 nitrogen and oxygen atoms in total. The molecule has 70 heavy (non-hydrogen) atoms. The number of aromatic nitrogens is 3. The molecule has 3 amide bonds. The maximum Gasteiger partial charge on any atom is 0.234 e. The number of nitrogens with zero attached hydrogens (tertiary/aromatic N) is 8. The van der Waals surface area contributed by atoms with Gasteiger partial charge in [-0.25, -0.2) is 18.7 Å². The summed E-state index contributed by atoms with van der Waals surface area (Å²) in [4.78, 5) is 60.1. The van der Waals surface area contributed by atoms with Crippen molar-refractivity contribution in [3.63, 3.8) is 0 Å². The van der Waals surface area contributed by atoms with Gasteiger partial charge in [-0.3, -0.25) is 24.6 Å². The van der Waals surface area contributed by atoms with E-state index in [1.807, 2.05) is 9.80 Å². The number of benzene rings is 3. The monoisotopic (exact) mass is 1040 g/mol. The van der Waals surface area contributed by atoms with E-state index in [0.29, 0.717) is 93.9 Å². The second kappa shape index (κ2) is 20.2. The maximum atomic E-state index is 15.3. The van der Waals surface area contributed by atoms with Crippen LogP contribution < -0.4 is 35.8 Å². The van der Waals surface area contributed by atoms with Crippen molar-refractivity contribution >= 4 is 91.5 Å². The van der Waals surface area contributed by atoms with Crippen molar-refractivity contribution in [2.45, 2.75) is 57.4 Å². The fourth-order valence-electron chi connectivity index (χ4n) is 10.4. The van der Waals surface area contributed by atoms with Crippen LogP contribution in [-0.4, -0.2) is 121 Å². The number of hydrogen-bond donors (Lipinski definition) is 3. The summed E-state index contributed by atoms with van der Waals surface area (Å²) in [6.07, 6.45) is 5.02. The number of nitrogens with one attached hydrogen (secondary N) is 3. The average Bonchev–Trinajstić information content (AvgIpc) is 3.85. The summed E-state index contributed by atoms with van der Waals surface area (Å²) in [6.45, 7) is 10.9. The number of anilines is 6. The van der Waals surface area contributed by atoms with Gasteiger partial charge in [0.2, 0.25) is 23.7 Å². The summed E-state index contributed by atoms with van der Waals surface area (Å²) >= 11 is 3.58. The molecule has 0 saturated carbocycles. The van der Waals surface area contributed by atoms with Crippen molar-refractivity contribution in [3.8, 4) is 11.8 Å². The molecule has 366 valence electrons. The van der Waals surface area contributed by atoms with Crippen LogP contribution in [0.15, 0.2) is 59.2 Å². The number of imide groups is 1. The fraction of sp³-hybridized carbons (Fsp3) is 0.420. The third kappa shape index (κ3) is 10.0. The number of pyridine rings is 1. The van der Waals surface area contributed by atoms with Gasteiger partial charge >= 0.3 is 0 Å². The topological polar surface area (TPSA) is 189 Å². The first kappa shape index (κ1) is 48.8. The number of methoxy groups -OCH3 is 1. The average molecular weight is 1040 g/mol. The molecule has 0 aliphatic carbocycles. The Balaban J connectivity index is 0.798. The van der Waals surface area contributed by atoms with Gasteiger partial charge in [0, 0.05) is 105 Å². The molecule has 0 radical (unpaired) electrons. The molecule has 0 bridgehead atoms. The largest absolute Gasteiger partial charge is 0.494 e. The predicted octanol–water partition coefficient (Wildman–Crippen LogP) is 7.40. The van der Waals surface area contributed by atoms with E-state index in [2.05, 4.69) is 76.8 Å². The van der Waals surface area contributed by atoms with E-state index in [-0.39, 0.29) is 35.9 Å². The van der Waals surface area contributed by atoms with Crippen molar-refractivity contribution in [2.75, 3.05) is 93.2 Å². The van der Waals surface area contributed by atoms with E-state index in [0.717, 1.165) is 56.7 Å². The molecular weight excluding hydrogens is 983 g/mol. The number of carbonyl (C=O) groups is 3. The van der Waals surface area contributed by atoms with Crippen LogP contribution >= 0.6 is 23.1 Å². The molecule has 20 heteroatoms. The Bertz CT molecular complexity index is 2950. The Morgan fingerprint density at radius 2 is 1.66 bits per heavy atom. The molecule has 4 aliphatic heterocycles. The Labute approximate surface area is 413 Å². The van der Waals surface area contributed by atoms with E-state index in [9.17, 15) is 24.2 Å². The zero-order chi connectivity index (χ0) is 49.4. The Morgan fingerprint density at radius 1 is 0.929 bits per heavy atom. The third-order valence-electron chi connectivity index (χ3n) is 14.0. The molecule has 3 aromatic carbocycles. The first-order valence-corrected chi connectivity index (χ1v) is 27.0. The second-order valence-corrected chi connectivity index (χ2v) is 22.7. The number of hydrogen-bond acceptors (Lipinski definition) is 14. The van der Waals surface area contributed by atoms with Gasteiger partial charge in [0.15, 0.2) is 0 Å². The standard InChI is InChI=1S/C50H55BrF2N11O5P/c1-5-29-22-41(58-50-55-27-36(51)47(60-50)57-40-10-9-39-34(46(40)70(3,4)68)7-6-31(26-54)56-39)43(69-2)25-42(29)62-16-13-32(14-17-62)61-18-20-63(21-19-61)49(67)30-12-15-64(28-30)33-23-37(52)45(38(53)24-33)35-8-11-44(65)59-48(35)66/h6-7,9-10,22-25,27,30,32,35H,5,8,11-21,28H2,1-4H3,(H,59,65,66)(H2,55,57,58,60)/t30-,35-/m1/s1. The molecule has 2 aromatic heterocycles. The Hall–Kier alpha value is -6.22. The van der Waals surface area contributed by atoms with Crippen LogP contribution in [0.1, 0.15) is 61.8 Å². The summed E-state index contributed by atoms with van der Waals surface area (Å²) < 4.78 is 50.8. The van der Waals surface area contributed by atoms with E-state index in [1.54, 1.807) is 50.9 Å². The van der Waals surface area contributed by atoms with Gasteiger partial charge in [0.25, 0.3) is 0 Å². The first-order chi connectivity index (χ1) is 33.6. The molecule has 4 aliphatic rings. The Kier molecular flexibility index (Phi) is 14.1. The fourth-order valence-corrected chi connectivity index (χ4v) is 12.2. The number of amides is 3. The minimum atomic E-state index is -2.84. The van der Waals surface area contributed by atoms with Crippen molar-refractivity contribution in [1.82, 2.24) is 30.1 Å². The zero-order valence-corrected chi connectivity index (χ0v) is 42.0. The highest BCUT2D eigenvalue weighted by Gasteiger charge is 2.37. The number of aryl methyl sites for hydroxylation is 1. The third-order valence-corrected chi connectivity index (χ3v) is 16.2. The second-order valence-electron chi connectivity index (χ2n) is 18.7. The number of nitriles is 1. The molecular formula is C50H55BrF2N11O5P. The van der Waals surface area contributed by atoms with Gasteiger partial charge < -0.3 is 34.6 Å². The lowest BCUT2D eigenvalue weighted by Crippen LogP contribution is -2.55. The molecule has 9 rings (SSSR count). The SMILES string of the molecule is CCc1cc(Nc2ncc(Br)c(Nc3ccc4nc(C#N)ccc4c3P(C)(C)=O)n2)c(OC)cc1N1CCC(N2CCN(C(=O)[C@@H]3CCN(c4cc(F)c([C@H]5CCC(=O)NC5=O)c(F)c4)C3)CC2)CC1. The molecule has 3 N–H and O–H groups in total. The number of fused-ring (bicyclic) bond motifs is 1. The molecule has 4 saturated heterocycles. The van der Waals surface area contributed by atoms with Crippen molar-refractivity contribution in [2.24, 2.45) is 5.92 Å². The van der Waals surface area contributed by atoms with Crippen LogP contribution in [0, 0.1) is 28.9 Å². The number of rotatable bonds is 12. The molecule has 4 fully saturated rings. The number of piperidine rings is 2. The zero-order valence-electron chi connectivity index (χ0n) is 39.5. The van der Waals surface area contributed by atoms with Crippen LogP contribution in [0.25, 0.3) is 10.9 Å². The molecule has 0 unspecified atom stereocenters. The van der Waals surface area contributed by atoms with Crippen LogP contribution in [-0.2, 0) is 25.4 Å². The lowest BCUT2D eigenvalue weighted by atomic mass is 9.89. The highest BCUT2D eigenvalue weighted by atomic mass is 79.9. The number of ether oxygens (including phenoxy) is 1. The maximum absolute atomic E-state index is 15.3. The molecule has 5 aromatic rings. The summed E-state index contributed by atoms with van der Waals surface area (Å²) in [6, 6.07) is 16.1. The highest BCUT2D eigenvalue weighted by molar-refractivity contribution is 9.10. The van der Waals surface area contributed by atoms with E-state index in [4.69, 9.17) is 9.72 Å². The van der Waals surface area contributed by atoms with Crippen LogP contribution in [0.4, 0.5) is 43.3 Å². The predicted molar refractivity (Wildman–Crippen MR) is 269 cm³/mol. The van der Waals surface area contributed by atoms with Gasteiger partial charge in [-0.05, 0) is 109 Å². The Morgan fingerprint density at radius 3 is 2.33 bits per heavy atom. The summed E-state index contributed by atoms with van der Waals surface area (Å²) in [5, 5.41) is 19.6. The van der Waals surface area contributed by atoms with Crippen molar-refractivity contribution in [3.05, 3.63) is 87.7 Å². The van der Waals surface area contributed by atoms with E-state index in [1.165, 1.54) is 12.1 Å². The lowest BCUT2D eigenvalue weighted by Gasteiger charge is -2.44. The quantitative estimate of drug-likeness (QED) is 0.0828. The molecule has 6 heterocycles. The van der Waals surface area contributed by atoms with Crippen molar-refractivity contribution in [1.29, 1.82) is 5.26 Å². The van der Waals surface area contributed by atoms with Crippen LogP contribution in [0.2, 0.25) is 0 Å². The minimum Gasteiger partial charge on any atom is -0.494 e. The normalized spacial score (nSPS) is 19.3. The van der Waals surface area contributed by atoms with Crippen LogP contribution in [0.5, 0.6) is 5.75 Å². The van der Waals surface area contributed by atoms with Crippen molar-refractivity contribution < 1.29 is 32.5 Å². The van der Waals surface area contributed by atoms with E-state index < -0.39 is 36.5 Å². The van der Waals surface area contributed by atoms with E-state index >= 15 is 8.78 Å². The number of carbonyl (C=O) groups excluding carboxylic acids is 3. The summed E-state index contributed by atoms with van der Waals surface area (Å²) in [5.74, 6) is -2.65. The van der Waals surface area contributed by atoms with Gasteiger partial charge in [-0.15, -0.1) is 0 Å². The van der Waals surface area contributed by atoms with Gasteiger partial charge in [0.05, 0.1) is 40.3 Å². The smallest absolute Gasteiger partial charge is 0.234 e. The highest BCUT2D eigenvalue weighted by Crippen LogP contribution is 2.43. The summed E-state index contributed by atoms with van der Waals surface area (Å²) in [5.41, 5.74) is 4.45. The van der Waals surface area contributed by atoms with Gasteiger partial charge in [0.1, 0.15) is 42.1 Å². The number of piperazine rings is 1. The van der Waals surface area contributed by atoms with Gasteiger partial charge in [-0.2, -0.15) is 10.2 Å². The van der Waals surface area contributed by atoms with Crippen LogP contribution in [0.3, 0.4) is 0 Å². The molecule has 0 spiro atoms. The first-order valence-electron chi connectivity index (χ1n) is 23.6. The minimum absolute atomic E-state index is 0.0223. The molecule has 2 atom stereocenters.